The SMILES string of the molecule is Cc1nc(NN)c(C)c(Sc2ncccc2Br)n1. The maximum Gasteiger partial charge on any atom is 0.147 e. The number of hydrogen-bond donors (Lipinski definition) is 2. The van der Waals surface area contributed by atoms with E-state index in [1.54, 1.807) is 6.20 Å². The summed E-state index contributed by atoms with van der Waals surface area (Å²) in [4.78, 5) is 12.9. The molecule has 0 aliphatic carbocycles. The van der Waals surface area contributed by atoms with E-state index in [9.17, 15) is 0 Å². The highest BCUT2D eigenvalue weighted by atomic mass is 79.9. The summed E-state index contributed by atoms with van der Waals surface area (Å²) in [5, 5.41) is 1.71. The molecule has 0 fully saturated rings. The van der Waals surface area contributed by atoms with Crippen molar-refractivity contribution >= 4 is 33.5 Å². The van der Waals surface area contributed by atoms with Crippen molar-refractivity contribution in [1.82, 2.24) is 15.0 Å². The lowest BCUT2D eigenvalue weighted by molar-refractivity contribution is 0.932. The van der Waals surface area contributed by atoms with Crippen molar-refractivity contribution in [3.05, 3.63) is 34.2 Å². The zero-order chi connectivity index (χ0) is 13.1. The highest BCUT2D eigenvalue weighted by Gasteiger charge is 2.12. The average molecular weight is 326 g/mol. The Balaban J connectivity index is 2.40. The number of hydrogen-bond acceptors (Lipinski definition) is 6. The number of hydrazine groups is 1. The highest BCUT2D eigenvalue weighted by Crippen LogP contribution is 2.33. The van der Waals surface area contributed by atoms with Crippen LogP contribution in [-0.4, -0.2) is 15.0 Å². The van der Waals surface area contributed by atoms with E-state index in [1.165, 1.54) is 11.8 Å². The van der Waals surface area contributed by atoms with E-state index in [-0.39, 0.29) is 0 Å². The maximum atomic E-state index is 5.44. The molecule has 94 valence electrons. The minimum atomic E-state index is 0.636. The quantitative estimate of drug-likeness (QED) is 0.513. The summed E-state index contributed by atoms with van der Waals surface area (Å²) in [7, 11) is 0. The first kappa shape index (κ1) is 13.3. The lowest BCUT2D eigenvalue weighted by atomic mass is 10.3. The fraction of sp³-hybridized carbons (Fsp3) is 0.182. The molecule has 2 aromatic rings. The Hall–Kier alpha value is -1.18. The van der Waals surface area contributed by atoms with Gasteiger partial charge < -0.3 is 5.43 Å². The van der Waals surface area contributed by atoms with Crippen molar-refractivity contribution in [3.8, 4) is 0 Å². The van der Waals surface area contributed by atoms with Crippen LogP contribution in [0.1, 0.15) is 11.4 Å². The van der Waals surface area contributed by atoms with Crippen molar-refractivity contribution in [2.24, 2.45) is 5.84 Å². The molecule has 0 bridgehead atoms. The summed E-state index contributed by atoms with van der Waals surface area (Å²) in [6.45, 7) is 3.76. The lowest BCUT2D eigenvalue weighted by Gasteiger charge is -2.10. The number of aromatic nitrogens is 3. The number of halogens is 1. The number of nitrogens with zero attached hydrogens (tertiary/aromatic N) is 3. The summed E-state index contributed by atoms with van der Waals surface area (Å²) >= 11 is 4.95. The van der Waals surface area contributed by atoms with Gasteiger partial charge in [0.25, 0.3) is 0 Å². The molecule has 7 heteroatoms. The van der Waals surface area contributed by atoms with Gasteiger partial charge in [-0.25, -0.2) is 20.8 Å². The van der Waals surface area contributed by atoms with Crippen LogP contribution < -0.4 is 11.3 Å². The Morgan fingerprint density at radius 3 is 2.72 bits per heavy atom. The fourth-order valence-electron chi connectivity index (χ4n) is 1.38. The van der Waals surface area contributed by atoms with Gasteiger partial charge in [0.15, 0.2) is 0 Å². The van der Waals surface area contributed by atoms with Crippen LogP contribution in [0, 0.1) is 13.8 Å². The number of nitrogens with one attached hydrogen (secondary N) is 1. The Kier molecular flexibility index (Phi) is 4.15. The maximum absolute atomic E-state index is 5.44. The standard InChI is InChI=1S/C11H12BrN5S/c1-6-9(17-13)15-7(2)16-10(6)18-11-8(12)4-3-5-14-11/h3-5H,13H2,1-2H3,(H,15,16,17). The van der Waals surface area contributed by atoms with Gasteiger partial charge in [-0.1, -0.05) is 0 Å². The Morgan fingerprint density at radius 1 is 1.28 bits per heavy atom. The van der Waals surface area contributed by atoms with Crippen LogP contribution >= 0.6 is 27.7 Å². The lowest BCUT2D eigenvalue weighted by Crippen LogP contribution is -2.12. The third-order valence-electron chi connectivity index (χ3n) is 2.27. The molecule has 0 saturated carbocycles. The number of aryl methyl sites for hydroxylation is 1. The molecule has 0 unspecified atom stereocenters. The Morgan fingerprint density at radius 2 is 2.06 bits per heavy atom. The van der Waals surface area contributed by atoms with Gasteiger partial charge in [-0.2, -0.15) is 0 Å². The topological polar surface area (TPSA) is 76.7 Å². The molecule has 5 nitrogen and oxygen atoms in total. The van der Waals surface area contributed by atoms with E-state index in [4.69, 9.17) is 5.84 Å². The first-order valence-electron chi connectivity index (χ1n) is 5.22. The predicted octanol–water partition coefficient (Wildman–Crippen LogP) is 2.69. The summed E-state index contributed by atoms with van der Waals surface area (Å²) in [5.41, 5.74) is 3.49. The van der Waals surface area contributed by atoms with E-state index >= 15 is 0 Å². The summed E-state index contributed by atoms with van der Waals surface area (Å²) in [5.74, 6) is 6.74. The van der Waals surface area contributed by atoms with Gasteiger partial charge in [0.1, 0.15) is 21.7 Å². The molecule has 0 radical (unpaired) electrons. The van der Waals surface area contributed by atoms with E-state index in [0.717, 1.165) is 20.1 Å². The van der Waals surface area contributed by atoms with Crippen LogP contribution in [0.4, 0.5) is 5.82 Å². The minimum absolute atomic E-state index is 0.636. The zero-order valence-electron chi connectivity index (χ0n) is 9.94. The molecule has 0 atom stereocenters. The number of nitrogen functional groups attached to an aromatic ring is 1. The van der Waals surface area contributed by atoms with Crippen molar-refractivity contribution in [1.29, 1.82) is 0 Å². The van der Waals surface area contributed by atoms with Gasteiger partial charge >= 0.3 is 0 Å². The normalized spacial score (nSPS) is 10.4. The van der Waals surface area contributed by atoms with Crippen LogP contribution in [0.25, 0.3) is 0 Å². The van der Waals surface area contributed by atoms with E-state index in [0.29, 0.717) is 11.6 Å². The van der Waals surface area contributed by atoms with Crippen LogP contribution in [0.15, 0.2) is 32.9 Å². The Labute approximate surface area is 118 Å². The molecule has 3 N–H and O–H groups in total. The monoisotopic (exact) mass is 325 g/mol. The molecule has 0 saturated heterocycles. The number of nitrogens with two attached hydrogens (primary N) is 1. The van der Waals surface area contributed by atoms with Crippen molar-refractivity contribution in [2.75, 3.05) is 5.43 Å². The van der Waals surface area contributed by atoms with Gasteiger partial charge in [0.2, 0.25) is 0 Å². The number of rotatable bonds is 3. The minimum Gasteiger partial charge on any atom is -0.308 e. The van der Waals surface area contributed by atoms with E-state index < -0.39 is 0 Å². The smallest absolute Gasteiger partial charge is 0.147 e. The fourth-order valence-corrected chi connectivity index (χ4v) is 2.77. The van der Waals surface area contributed by atoms with Crippen molar-refractivity contribution < 1.29 is 0 Å². The number of anilines is 1. The molecule has 2 aromatic heterocycles. The summed E-state index contributed by atoms with van der Waals surface area (Å²) < 4.78 is 0.938. The second kappa shape index (κ2) is 5.64. The van der Waals surface area contributed by atoms with Gasteiger partial charge in [0.05, 0.1) is 4.47 Å². The molecular weight excluding hydrogens is 314 g/mol. The third kappa shape index (κ3) is 2.80. The molecule has 0 aliphatic rings. The van der Waals surface area contributed by atoms with Gasteiger partial charge in [-0.15, -0.1) is 0 Å². The van der Waals surface area contributed by atoms with Gasteiger partial charge in [-0.05, 0) is 53.7 Å². The molecule has 2 heterocycles. The second-order valence-corrected chi connectivity index (χ2v) is 5.42. The second-order valence-electron chi connectivity index (χ2n) is 3.59. The number of pyridine rings is 1. The summed E-state index contributed by atoms with van der Waals surface area (Å²) in [6, 6.07) is 3.82. The molecule has 0 aromatic carbocycles. The van der Waals surface area contributed by atoms with Crippen LogP contribution in [0.2, 0.25) is 0 Å². The highest BCUT2D eigenvalue weighted by molar-refractivity contribution is 9.10. The third-order valence-corrected chi connectivity index (χ3v) is 4.28. The van der Waals surface area contributed by atoms with Crippen LogP contribution in [-0.2, 0) is 0 Å². The Bertz CT molecular complexity index is 575. The van der Waals surface area contributed by atoms with E-state index in [1.807, 2.05) is 26.0 Å². The predicted molar refractivity (Wildman–Crippen MR) is 75.4 cm³/mol. The molecule has 0 amide bonds. The van der Waals surface area contributed by atoms with Crippen LogP contribution in [0.3, 0.4) is 0 Å². The van der Waals surface area contributed by atoms with Gasteiger partial charge in [0, 0.05) is 11.8 Å². The van der Waals surface area contributed by atoms with Crippen molar-refractivity contribution in [3.63, 3.8) is 0 Å². The molecule has 0 aliphatic heterocycles. The average Bonchev–Trinajstić information content (AvgIpc) is 2.36. The first-order chi connectivity index (χ1) is 8.61. The van der Waals surface area contributed by atoms with E-state index in [2.05, 4.69) is 36.3 Å². The zero-order valence-corrected chi connectivity index (χ0v) is 12.3. The molecule has 18 heavy (non-hydrogen) atoms. The first-order valence-corrected chi connectivity index (χ1v) is 6.83. The molecular formula is C11H12BrN5S. The summed E-state index contributed by atoms with van der Waals surface area (Å²) in [6.07, 6.45) is 1.75. The largest absolute Gasteiger partial charge is 0.308 e. The molecule has 0 spiro atoms. The molecule has 2 rings (SSSR count). The van der Waals surface area contributed by atoms with Crippen LogP contribution in [0.5, 0.6) is 0 Å². The van der Waals surface area contributed by atoms with Gasteiger partial charge in [-0.3, -0.25) is 0 Å². The van der Waals surface area contributed by atoms with Crippen molar-refractivity contribution in [2.45, 2.75) is 23.9 Å².